The van der Waals surface area contributed by atoms with Crippen molar-refractivity contribution >= 4 is 18.4 Å². The van der Waals surface area contributed by atoms with Crippen LogP contribution in [0.1, 0.15) is 35.7 Å². The second-order valence-electron chi connectivity index (χ2n) is 9.53. The zero-order chi connectivity index (χ0) is 26.7. The fourth-order valence-corrected chi connectivity index (χ4v) is 4.33. The molecule has 10 heteroatoms. The third kappa shape index (κ3) is 6.75. The lowest BCUT2D eigenvalue weighted by atomic mass is 9.76. The molecule has 6 nitrogen and oxygen atoms in total. The second kappa shape index (κ2) is 11.0. The number of aromatic nitrogens is 1. The van der Waals surface area contributed by atoms with E-state index >= 15 is 0 Å². The Morgan fingerprint density at radius 2 is 1.54 bits per heavy atom. The van der Waals surface area contributed by atoms with Gasteiger partial charge in [-0.15, -0.1) is 0 Å². The molecule has 3 aromatic rings. The minimum atomic E-state index is -4.77. The van der Waals surface area contributed by atoms with Gasteiger partial charge in [0.15, 0.2) is 0 Å². The van der Waals surface area contributed by atoms with E-state index in [0.717, 1.165) is 22.9 Å². The first-order valence-electron chi connectivity index (χ1n) is 12.1. The standard InChI is InChI=1S/C27H30BF3N2O4/c1-17-12-21(17)16-37-23-10-6-20(7-11-23)15-33(14-19-4-8-22(36-3)9-5-19)25-13-24(28(34)35)26(18(2)32-25)27(29,30)31/h4-11,13,17,21,34-35H,12,14-16H2,1-3H3/t17?,21-/m1/s1. The van der Waals surface area contributed by atoms with Crippen LogP contribution in [0, 0.1) is 18.8 Å². The van der Waals surface area contributed by atoms with Gasteiger partial charge in [0.25, 0.3) is 0 Å². The third-order valence-electron chi connectivity index (χ3n) is 6.67. The SMILES string of the molecule is COc1ccc(CN(Cc2ccc(OC[C@H]3CC3C)cc2)c2cc(B(O)O)c(C(F)(F)F)c(C)n2)cc1. The molecule has 0 amide bonds. The average Bonchev–Trinajstić information content (AvgIpc) is 3.57. The zero-order valence-corrected chi connectivity index (χ0v) is 21.0. The summed E-state index contributed by atoms with van der Waals surface area (Å²) in [6.07, 6.45) is -3.59. The van der Waals surface area contributed by atoms with E-state index in [-0.39, 0.29) is 11.5 Å². The van der Waals surface area contributed by atoms with E-state index in [4.69, 9.17) is 9.47 Å². The zero-order valence-electron chi connectivity index (χ0n) is 21.0. The van der Waals surface area contributed by atoms with E-state index in [1.54, 1.807) is 24.1 Å². The van der Waals surface area contributed by atoms with Crippen LogP contribution in [-0.2, 0) is 19.3 Å². The molecule has 0 spiro atoms. The van der Waals surface area contributed by atoms with Crippen molar-refractivity contribution in [3.8, 4) is 11.5 Å². The van der Waals surface area contributed by atoms with Gasteiger partial charge < -0.3 is 24.4 Å². The van der Waals surface area contributed by atoms with Crippen molar-refractivity contribution in [1.29, 1.82) is 0 Å². The van der Waals surface area contributed by atoms with Crippen LogP contribution in [-0.4, -0.2) is 35.9 Å². The lowest BCUT2D eigenvalue weighted by Crippen LogP contribution is -2.38. The Labute approximate surface area is 214 Å². The molecule has 1 aliphatic rings. The molecule has 196 valence electrons. The van der Waals surface area contributed by atoms with Crippen molar-refractivity contribution in [2.75, 3.05) is 18.6 Å². The number of pyridine rings is 1. The van der Waals surface area contributed by atoms with Gasteiger partial charge in [0.1, 0.15) is 17.3 Å². The van der Waals surface area contributed by atoms with Gasteiger partial charge in [-0.05, 0) is 72.1 Å². The topological polar surface area (TPSA) is 75.1 Å². The van der Waals surface area contributed by atoms with E-state index in [2.05, 4.69) is 11.9 Å². The van der Waals surface area contributed by atoms with E-state index < -0.39 is 24.3 Å². The molecule has 0 radical (unpaired) electrons. The Morgan fingerprint density at radius 3 is 2.00 bits per heavy atom. The van der Waals surface area contributed by atoms with Gasteiger partial charge in [0, 0.05) is 13.1 Å². The van der Waals surface area contributed by atoms with Crippen molar-refractivity contribution in [3.05, 3.63) is 77.0 Å². The number of nitrogens with zero attached hydrogens (tertiary/aromatic N) is 2. The highest BCUT2D eigenvalue weighted by Crippen LogP contribution is 2.38. The Bertz CT molecular complexity index is 1200. The number of rotatable bonds is 10. The molecule has 4 rings (SSSR count). The first-order chi connectivity index (χ1) is 17.5. The van der Waals surface area contributed by atoms with Crippen LogP contribution in [0.5, 0.6) is 11.5 Å². The van der Waals surface area contributed by atoms with Gasteiger partial charge in [0.05, 0.1) is 25.0 Å². The molecule has 2 aromatic carbocycles. The number of halogens is 3. The number of anilines is 1. The predicted molar refractivity (Wildman–Crippen MR) is 136 cm³/mol. The molecule has 2 N–H and O–H groups in total. The van der Waals surface area contributed by atoms with Gasteiger partial charge in [-0.25, -0.2) is 4.98 Å². The monoisotopic (exact) mass is 514 g/mol. The van der Waals surface area contributed by atoms with Crippen LogP contribution >= 0.6 is 0 Å². The molecular weight excluding hydrogens is 484 g/mol. The minimum absolute atomic E-state index is 0.201. The van der Waals surface area contributed by atoms with Gasteiger partial charge in [-0.3, -0.25) is 0 Å². The number of benzene rings is 2. The number of hydrogen-bond donors (Lipinski definition) is 2. The summed E-state index contributed by atoms with van der Waals surface area (Å²) < 4.78 is 52.0. The predicted octanol–water partition coefficient (Wildman–Crippen LogP) is 4.34. The summed E-state index contributed by atoms with van der Waals surface area (Å²) in [5, 5.41) is 19.5. The summed E-state index contributed by atoms with van der Waals surface area (Å²) in [5.74, 6) is 2.95. The highest BCUT2D eigenvalue weighted by atomic mass is 19.4. The molecule has 2 atom stereocenters. The summed E-state index contributed by atoms with van der Waals surface area (Å²) in [4.78, 5) is 6.02. The fraction of sp³-hybridized carbons (Fsp3) is 0.370. The number of ether oxygens (including phenoxy) is 2. The number of hydrogen-bond acceptors (Lipinski definition) is 6. The molecule has 0 bridgehead atoms. The van der Waals surface area contributed by atoms with Crippen molar-refractivity contribution in [3.63, 3.8) is 0 Å². The van der Waals surface area contributed by atoms with Crippen LogP contribution in [0.4, 0.5) is 19.0 Å². The highest BCUT2D eigenvalue weighted by molar-refractivity contribution is 6.59. The molecule has 1 aliphatic carbocycles. The minimum Gasteiger partial charge on any atom is -0.497 e. The number of methoxy groups -OCH3 is 1. The smallest absolute Gasteiger partial charge is 0.489 e. The molecule has 1 aromatic heterocycles. The van der Waals surface area contributed by atoms with E-state index in [0.29, 0.717) is 37.3 Å². The van der Waals surface area contributed by atoms with Crippen LogP contribution < -0.4 is 19.8 Å². The van der Waals surface area contributed by atoms with E-state index in [9.17, 15) is 23.2 Å². The van der Waals surface area contributed by atoms with Crippen molar-refractivity contribution in [2.45, 2.75) is 39.5 Å². The lowest BCUT2D eigenvalue weighted by Gasteiger charge is -2.27. The summed E-state index contributed by atoms with van der Waals surface area (Å²) in [6, 6.07) is 16.0. The molecule has 0 aliphatic heterocycles. The summed E-state index contributed by atoms with van der Waals surface area (Å²) in [6.45, 7) is 4.75. The van der Waals surface area contributed by atoms with Crippen molar-refractivity contribution in [2.24, 2.45) is 11.8 Å². The molecule has 1 saturated carbocycles. The van der Waals surface area contributed by atoms with Crippen LogP contribution in [0.25, 0.3) is 0 Å². The average molecular weight is 514 g/mol. The number of aryl methyl sites for hydroxylation is 1. The normalized spacial score (nSPS) is 16.9. The van der Waals surface area contributed by atoms with Crippen LogP contribution in [0.3, 0.4) is 0 Å². The van der Waals surface area contributed by atoms with Crippen LogP contribution in [0.15, 0.2) is 54.6 Å². The Balaban J connectivity index is 1.63. The second-order valence-corrected chi connectivity index (χ2v) is 9.53. The maximum Gasteiger partial charge on any atom is 0.489 e. The quantitative estimate of drug-likeness (QED) is 0.393. The molecule has 1 fully saturated rings. The van der Waals surface area contributed by atoms with Gasteiger partial charge >= 0.3 is 13.3 Å². The Kier molecular flexibility index (Phi) is 7.99. The molecule has 1 unspecified atom stereocenters. The molecule has 1 heterocycles. The van der Waals surface area contributed by atoms with Gasteiger partial charge in [-0.2, -0.15) is 13.2 Å². The molecule has 37 heavy (non-hydrogen) atoms. The van der Waals surface area contributed by atoms with E-state index in [1.807, 2.05) is 36.4 Å². The fourth-order valence-electron chi connectivity index (χ4n) is 4.33. The lowest BCUT2D eigenvalue weighted by molar-refractivity contribution is -0.137. The summed E-state index contributed by atoms with van der Waals surface area (Å²) in [7, 11) is -0.734. The summed E-state index contributed by atoms with van der Waals surface area (Å²) in [5.41, 5.74) is -0.323. The van der Waals surface area contributed by atoms with Gasteiger partial charge in [0.2, 0.25) is 0 Å². The highest BCUT2D eigenvalue weighted by Gasteiger charge is 2.39. The van der Waals surface area contributed by atoms with E-state index in [1.165, 1.54) is 13.3 Å². The first kappa shape index (κ1) is 26.8. The Hall–Kier alpha value is -3.24. The van der Waals surface area contributed by atoms with Gasteiger partial charge in [-0.1, -0.05) is 31.2 Å². The van der Waals surface area contributed by atoms with Crippen molar-refractivity contribution in [1.82, 2.24) is 4.98 Å². The number of alkyl halides is 3. The summed E-state index contributed by atoms with van der Waals surface area (Å²) >= 11 is 0. The van der Waals surface area contributed by atoms with Crippen LogP contribution in [0.2, 0.25) is 0 Å². The maximum atomic E-state index is 13.6. The maximum absolute atomic E-state index is 13.6. The largest absolute Gasteiger partial charge is 0.497 e. The van der Waals surface area contributed by atoms with Crippen molar-refractivity contribution < 1.29 is 32.7 Å². The first-order valence-corrected chi connectivity index (χ1v) is 12.1. The third-order valence-corrected chi connectivity index (χ3v) is 6.67. The Morgan fingerprint density at radius 1 is 1.00 bits per heavy atom. The molecule has 0 saturated heterocycles. The molecular formula is C27H30BF3N2O4.